The second kappa shape index (κ2) is 6.29. The summed E-state index contributed by atoms with van der Waals surface area (Å²) in [5.74, 6) is 1.88. The zero-order valence-electron chi connectivity index (χ0n) is 14.9. The van der Waals surface area contributed by atoms with Crippen molar-refractivity contribution in [1.82, 2.24) is 10.1 Å². The van der Waals surface area contributed by atoms with E-state index < -0.39 is 0 Å². The Bertz CT molecular complexity index is 922. The Morgan fingerprint density at radius 3 is 2.65 bits per heavy atom. The summed E-state index contributed by atoms with van der Waals surface area (Å²) in [7, 11) is 1.69. The molecule has 5 rings (SSSR count). The zero-order chi connectivity index (χ0) is 17.5. The van der Waals surface area contributed by atoms with Crippen LogP contribution in [0.3, 0.4) is 0 Å². The summed E-state index contributed by atoms with van der Waals surface area (Å²) in [5.41, 5.74) is 6.26. The zero-order valence-corrected chi connectivity index (χ0v) is 14.9. The van der Waals surface area contributed by atoms with E-state index in [-0.39, 0.29) is 0 Å². The molecule has 2 aromatic carbocycles. The summed E-state index contributed by atoms with van der Waals surface area (Å²) in [5, 5.41) is 4.39. The maximum atomic E-state index is 5.67. The lowest BCUT2D eigenvalue weighted by atomic mass is 9.99. The van der Waals surface area contributed by atoms with E-state index in [1.165, 1.54) is 16.7 Å². The molecule has 132 valence electrons. The normalized spacial score (nSPS) is 17.1. The van der Waals surface area contributed by atoms with Gasteiger partial charge in [-0.15, -0.1) is 0 Å². The molecule has 1 aliphatic heterocycles. The summed E-state index contributed by atoms with van der Waals surface area (Å²) in [6.07, 6.45) is 3.22. The molecule has 0 unspecified atom stereocenters. The first-order chi connectivity index (χ1) is 12.8. The molecule has 0 spiro atoms. The van der Waals surface area contributed by atoms with E-state index in [2.05, 4.69) is 40.4 Å². The standard InChI is InChI=1S/C22H22N2O2/c1-25-19-8-4-7-17(13-19)22-20-14-24(10-9-21(20)26-23-22)18-11-15-5-2-3-6-16(15)12-18/h2-8,13,18H,9-12,14H2,1H3. The van der Waals surface area contributed by atoms with Gasteiger partial charge in [0.2, 0.25) is 0 Å². The number of hydrogen-bond acceptors (Lipinski definition) is 4. The fourth-order valence-electron chi connectivity index (χ4n) is 4.33. The Labute approximate surface area is 153 Å². The van der Waals surface area contributed by atoms with Crippen molar-refractivity contribution in [2.45, 2.75) is 31.8 Å². The molecule has 0 bridgehead atoms. The topological polar surface area (TPSA) is 38.5 Å². The number of fused-ring (bicyclic) bond motifs is 2. The van der Waals surface area contributed by atoms with E-state index in [0.29, 0.717) is 6.04 Å². The number of aromatic nitrogens is 1. The highest BCUT2D eigenvalue weighted by Crippen LogP contribution is 2.34. The molecule has 4 heteroatoms. The molecule has 26 heavy (non-hydrogen) atoms. The molecular weight excluding hydrogens is 324 g/mol. The van der Waals surface area contributed by atoms with Crippen molar-refractivity contribution in [3.8, 4) is 17.0 Å². The van der Waals surface area contributed by atoms with Crippen molar-refractivity contribution in [1.29, 1.82) is 0 Å². The Morgan fingerprint density at radius 2 is 1.88 bits per heavy atom. The van der Waals surface area contributed by atoms with Crippen LogP contribution in [0.15, 0.2) is 53.1 Å². The maximum absolute atomic E-state index is 5.67. The molecule has 0 saturated heterocycles. The SMILES string of the molecule is COc1cccc(-c2noc3c2CN(C2Cc4ccccc4C2)CC3)c1. The second-order valence-corrected chi connectivity index (χ2v) is 7.22. The van der Waals surface area contributed by atoms with Gasteiger partial charge in [0.05, 0.1) is 7.11 Å². The smallest absolute Gasteiger partial charge is 0.143 e. The van der Waals surface area contributed by atoms with Crippen molar-refractivity contribution < 1.29 is 9.26 Å². The Morgan fingerprint density at radius 1 is 1.08 bits per heavy atom. The lowest BCUT2D eigenvalue weighted by molar-refractivity contribution is 0.174. The van der Waals surface area contributed by atoms with E-state index >= 15 is 0 Å². The van der Waals surface area contributed by atoms with Crippen LogP contribution < -0.4 is 4.74 Å². The summed E-state index contributed by atoms with van der Waals surface area (Å²) in [4.78, 5) is 2.60. The van der Waals surface area contributed by atoms with E-state index in [1.54, 1.807) is 7.11 Å². The molecule has 1 aromatic heterocycles. The first kappa shape index (κ1) is 15.6. The number of hydrogen-bond donors (Lipinski definition) is 0. The van der Waals surface area contributed by atoms with Crippen LogP contribution in [0.4, 0.5) is 0 Å². The molecule has 0 atom stereocenters. The fourth-order valence-corrected chi connectivity index (χ4v) is 4.33. The summed E-state index contributed by atoms with van der Waals surface area (Å²) < 4.78 is 11.0. The van der Waals surface area contributed by atoms with Gasteiger partial charge in [0.25, 0.3) is 0 Å². The molecule has 4 nitrogen and oxygen atoms in total. The van der Waals surface area contributed by atoms with Gasteiger partial charge < -0.3 is 9.26 Å². The van der Waals surface area contributed by atoms with Gasteiger partial charge >= 0.3 is 0 Å². The molecule has 2 aliphatic rings. The molecule has 1 aliphatic carbocycles. The predicted molar refractivity (Wildman–Crippen MR) is 100 cm³/mol. The quantitative estimate of drug-likeness (QED) is 0.721. The lowest BCUT2D eigenvalue weighted by Crippen LogP contribution is -2.39. The van der Waals surface area contributed by atoms with Crippen molar-refractivity contribution >= 4 is 0 Å². The molecular formula is C22H22N2O2. The van der Waals surface area contributed by atoms with Crippen LogP contribution in [0.1, 0.15) is 22.5 Å². The number of nitrogens with zero attached hydrogens (tertiary/aromatic N) is 2. The molecule has 0 radical (unpaired) electrons. The fraction of sp³-hybridized carbons (Fsp3) is 0.318. The third-order valence-corrected chi connectivity index (χ3v) is 5.75. The number of methoxy groups -OCH3 is 1. The lowest BCUT2D eigenvalue weighted by Gasteiger charge is -2.31. The van der Waals surface area contributed by atoms with Gasteiger partial charge in [0.15, 0.2) is 0 Å². The minimum Gasteiger partial charge on any atom is -0.497 e. The van der Waals surface area contributed by atoms with Crippen LogP contribution in [0.25, 0.3) is 11.3 Å². The Balaban J connectivity index is 1.42. The molecule has 0 saturated carbocycles. The van der Waals surface area contributed by atoms with Crippen LogP contribution in [-0.2, 0) is 25.8 Å². The van der Waals surface area contributed by atoms with Gasteiger partial charge in [-0.1, -0.05) is 41.6 Å². The molecule has 0 amide bonds. The number of ether oxygens (including phenoxy) is 1. The van der Waals surface area contributed by atoms with Crippen LogP contribution >= 0.6 is 0 Å². The maximum Gasteiger partial charge on any atom is 0.143 e. The molecule has 0 N–H and O–H groups in total. The van der Waals surface area contributed by atoms with Crippen molar-refractivity contribution in [2.24, 2.45) is 0 Å². The molecule has 2 heterocycles. The van der Waals surface area contributed by atoms with Gasteiger partial charge in [-0.05, 0) is 36.1 Å². The van der Waals surface area contributed by atoms with Gasteiger partial charge in [-0.2, -0.15) is 0 Å². The van der Waals surface area contributed by atoms with Crippen LogP contribution in [0.5, 0.6) is 5.75 Å². The van der Waals surface area contributed by atoms with Gasteiger partial charge in [-0.25, -0.2) is 0 Å². The molecule has 0 fully saturated rings. The highest BCUT2D eigenvalue weighted by Gasteiger charge is 2.32. The van der Waals surface area contributed by atoms with Crippen LogP contribution in [0, 0.1) is 0 Å². The number of benzene rings is 2. The van der Waals surface area contributed by atoms with Crippen molar-refractivity contribution in [2.75, 3.05) is 13.7 Å². The minimum atomic E-state index is 0.577. The molecule has 3 aromatic rings. The second-order valence-electron chi connectivity index (χ2n) is 7.22. The predicted octanol–water partition coefficient (Wildman–Crippen LogP) is 3.88. The van der Waals surface area contributed by atoms with Gasteiger partial charge in [-0.3, -0.25) is 4.90 Å². The van der Waals surface area contributed by atoms with Crippen LogP contribution in [0.2, 0.25) is 0 Å². The first-order valence-electron chi connectivity index (χ1n) is 9.24. The first-order valence-corrected chi connectivity index (χ1v) is 9.24. The highest BCUT2D eigenvalue weighted by molar-refractivity contribution is 5.65. The van der Waals surface area contributed by atoms with Crippen molar-refractivity contribution in [3.05, 3.63) is 71.0 Å². The third kappa shape index (κ3) is 2.61. The Hall–Kier alpha value is -2.59. The van der Waals surface area contributed by atoms with E-state index in [4.69, 9.17) is 9.26 Å². The van der Waals surface area contributed by atoms with E-state index in [0.717, 1.165) is 55.1 Å². The average Bonchev–Trinajstić information content (AvgIpc) is 3.31. The van der Waals surface area contributed by atoms with Gasteiger partial charge in [0, 0.05) is 36.7 Å². The average molecular weight is 346 g/mol. The van der Waals surface area contributed by atoms with Crippen molar-refractivity contribution in [3.63, 3.8) is 0 Å². The summed E-state index contributed by atoms with van der Waals surface area (Å²) >= 11 is 0. The van der Waals surface area contributed by atoms with E-state index in [9.17, 15) is 0 Å². The highest BCUT2D eigenvalue weighted by atomic mass is 16.5. The van der Waals surface area contributed by atoms with E-state index in [1.807, 2.05) is 18.2 Å². The number of rotatable bonds is 3. The third-order valence-electron chi connectivity index (χ3n) is 5.75. The van der Waals surface area contributed by atoms with Crippen LogP contribution in [-0.4, -0.2) is 29.8 Å². The largest absolute Gasteiger partial charge is 0.497 e. The summed E-state index contributed by atoms with van der Waals surface area (Å²) in [6.45, 7) is 1.95. The monoisotopic (exact) mass is 346 g/mol. The summed E-state index contributed by atoms with van der Waals surface area (Å²) in [6, 6.07) is 17.5. The minimum absolute atomic E-state index is 0.577. The van der Waals surface area contributed by atoms with Gasteiger partial charge in [0.1, 0.15) is 17.2 Å². The Kier molecular flexibility index (Phi) is 3.79.